The number of halogens is 2. The van der Waals surface area contributed by atoms with Gasteiger partial charge in [-0.1, -0.05) is 17.7 Å². The topological polar surface area (TPSA) is 50.9 Å². The molecule has 1 unspecified atom stereocenters. The SMILES string of the molecule is NNC(Cc1ccncc1)Cc1ccc(F)cc1Cl. The monoisotopic (exact) mass is 279 g/mol. The average Bonchev–Trinajstić information content (AvgIpc) is 2.42. The number of nitrogens with zero attached hydrogens (tertiary/aromatic N) is 1. The van der Waals surface area contributed by atoms with Crippen molar-refractivity contribution in [3.8, 4) is 0 Å². The normalized spacial score (nSPS) is 12.4. The van der Waals surface area contributed by atoms with Gasteiger partial charge in [0, 0.05) is 23.5 Å². The number of nitrogens with two attached hydrogens (primary N) is 1. The third-order valence-corrected chi connectivity index (χ3v) is 3.30. The second-order valence-electron chi connectivity index (χ2n) is 4.36. The minimum Gasteiger partial charge on any atom is -0.271 e. The predicted molar refractivity (Wildman–Crippen MR) is 74.2 cm³/mol. The summed E-state index contributed by atoms with van der Waals surface area (Å²) in [5.74, 6) is 5.23. The third kappa shape index (κ3) is 3.99. The van der Waals surface area contributed by atoms with Crippen molar-refractivity contribution >= 4 is 11.6 Å². The zero-order valence-electron chi connectivity index (χ0n) is 10.3. The predicted octanol–water partition coefficient (Wildman–Crippen LogP) is 2.49. The van der Waals surface area contributed by atoms with Crippen molar-refractivity contribution in [2.45, 2.75) is 18.9 Å². The van der Waals surface area contributed by atoms with Gasteiger partial charge < -0.3 is 0 Å². The molecule has 3 N–H and O–H groups in total. The van der Waals surface area contributed by atoms with Gasteiger partial charge in [0.25, 0.3) is 0 Å². The number of nitrogens with one attached hydrogen (secondary N) is 1. The molecule has 2 aromatic rings. The summed E-state index contributed by atoms with van der Waals surface area (Å²) in [7, 11) is 0. The molecule has 0 spiro atoms. The highest BCUT2D eigenvalue weighted by molar-refractivity contribution is 6.31. The first-order chi connectivity index (χ1) is 9.19. The highest BCUT2D eigenvalue weighted by atomic mass is 35.5. The van der Waals surface area contributed by atoms with E-state index in [9.17, 15) is 4.39 Å². The highest BCUT2D eigenvalue weighted by Crippen LogP contribution is 2.19. The van der Waals surface area contributed by atoms with Crippen LogP contribution in [0.5, 0.6) is 0 Å². The number of hydrogen-bond acceptors (Lipinski definition) is 3. The zero-order chi connectivity index (χ0) is 13.7. The number of benzene rings is 1. The Balaban J connectivity index is 2.06. The lowest BCUT2D eigenvalue weighted by Gasteiger charge is -2.16. The van der Waals surface area contributed by atoms with Crippen LogP contribution < -0.4 is 11.3 Å². The Morgan fingerprint density at radius 1 is 1.21 bits per heavy atom. The number of hydrogen-bond donors (Lipinski definition) is 2. The van der Waals surface area contributed by atoms with E-state index in [-0.39, 0.29) is 11.9 Å². The number of hydrazine groups is 1. The molecule has 100 valence electrons. The molecule has 1 aromatic carbocycles. The minimum atomic E-state index is -0.333. The van der Waals surface area contributed by atoms with E-state index in [1.807, 2.05) is 12.1 Å². The summed E-state index contributed by atoms with van der Waals surface area (Å²) in [5, 5.41) is 0.426. The van der Waals surface area contributed by atoms with Crippen molar-refractivity contribution in [1.29, 1.82) is 0 Å². The molecule has 5 heteroatoms. The Morgan fingerprint density at radius 2 is 1.95 bits per heavy atom. The lowest BCUT2D eigenvalue weighted by Crippen LogP contribution is -2.38. The van der Waals surface area contributed by atoms with E-state index in [0.717, 1.165) is 17.5 Å². The Bertz CT molecular complexity index is 533. The molecule has 0 radical (unpaired) electrons. The van der Waals surface area contributed by atoms with Crippen molar-refractivity contribution in [3.05, 3.63) is 64.7 Å². The second kappa shape index (κ2) is 6.61. The average molecular weight is 280 g/mol. The lowest BCUT2D eigenvalue weighted by atomic mass is 10.00. The quantitative estimate of drug-likeness (QED) is 0.653. The Labute approximate surface area is 116 Å². The maximum atomic E-state index is 13.0. The fourth-order valence-corrected chi connectivity index (χ4v) is 2.19. The van der Waals surface area contributed by atoms with Crippen LogP contribution in [-0.2, 0) is 12.8 Å². The fourth-order valence-electron chi connectivity index (χ4n) is 1.95. The molecule has 0 amide bonds. The van der Waals surface area contributed by atoms with E-state index < -0.39 is 0 Å². The molecule has 0 fully saturated rings. The maximum absolute atomic E-state index is 13.0. The van der Waals surface area contributed by atoms with Gasteiger partial charge in [-0.2, -0.15) is 0 Å². The van der Waals surface area contributed by atoms with Crippen molar-refractivity contribution in [1.82, 2.24) is 10.4 Å². The van der Waals surface area contributed by atoms with Gasteiger partial charge in [-0.25, -0.2) is 4.39 Å². The van der Waals surface area contributed by atoms with E-state index >= 15 is 0 Å². The van der Waals surface area contributed by atoms with E-state index in [1.165, 1.54) is 12.1 Å². The number of rotatable bonds is 5. The first-order valence-electron chi connectivity index (χ1n) is 5.98. The largest absolute Gasteiger partial charge is 0.271 e. The summed E-state index contributed by atoms with van der Waals surface area (Å²) in [4.78, 5) is 3.97. The van der Waals surface area contributed by atoms with Crippen LogP contribution in [0, 0.1) is 5.82 Å². The molecule has 0 saturated carbocycles. The third-order valence-electron chi connectivity index (χ3n) is 2.95. The Morgan fingerprint density at radius 3 is 2.58 bits per heavy atom. The van der Waals surface area contributed by atoms with Crippen molar-refractivity contribution in [2.75, 3.05) is 0 Å². The Hall–Kier alpha value is -1.49. The molecule has 0 aliphatic rings. The van der Waals surface area contributed by atoms with Gasteiger partial charge in [0.2, 0.25) is 0 Å². The zero-order valence-corrected chi connectivity index (χ0v) is 11.1. The first-order valence-corrected chi connectivity index (χ1v) is 6.36. The fraction of sp³-hybridized carbons (Fsp3) is 0.214. The van der Waals surface area contributed by atoms with E-state index in [2.05, 4.69) is 10.4 Å². The molecule has 0 saturated heterocycles. The van der Waals surface area contributed by atoms with E-state index in [4.69, 9.17) is 17.4 Å². The maximum Gasteiger partial charge on any atom is 0.124 e. The van der Waals surface area contributed by atoms with Crippen LogP contribution in [0.1, 0.15) is 11.1 Å². The van der Waals surface area contributed by atoms with Crippen LogP contribution in [-0.4, -0.2) is 11.0 Å². The summed E-state index contributed by atoms with van der Waals surface area (Å²) >= 11 is 6.01. The molecule has 19 heavy (non-hydrogen) atoms. The summed E-state index contributed by atoms with van der Waals surface area (Å²) in [5.41, 5.74) is 4.78. The van der Waals surface area contributed by atoms with Crippen LogP contribution in [0.4, 0.5) is 4.39 Å². The molecule has 1 aromatic heterocycles. The molecule has 0 bridgehead atoms. The summed E-state index contributed by atoms with van der Waals surface area (Å²) in [6.07, 6.45) is 4.88. The molecule has 1 heterocycles. The van der Waals surface area contributed by atoms with Gasteiger partial charge in [-0.15, -0.1) is 0 Å². The van der Waals surface area contributed by atoms with Crippen LogP contribution in [0.15, 0.2) is 42.7 Å². The molecule has 3 nitrogen and oxygen atoms in total. The highest BCUT2D eigenvalue weighted by Gasteiger charge is 2.11. The van der Waals surface area contributed by atoms with Gasteiger partial charge >= 0.3 is 0 Å². The van der Waals surface area contributed by atoms with Crippen LogP contribution >= 0.6 is 11.6 Å². The van der Waals surface area contributed by atoms with Crippen molar-refractivity contribution in [3.63, 3.8) is 0 Å². The smallest absolute Gasteiger partial charge is 0.124 e. The van der Waals surface area contributed by atoms with Crippen LogP contribution in [0.25, 0.3) is 0 Å². The molecular formula is C14H15ClFN3. The first kappa shape index (κ1) is 13.9. The molecule has 1 atom stereocenters. The van der Waals surface area contributed by atoms with Gasteiger partial charge in [0.1, 0.15) is 5.82 Å². The van der Waals surface area contributed by atoms with Gasteiger partial charge in [-0.3, -0.25) is 16.3 Å². The molecule has 0 aliphatic heterocycles. The lowest BCUT2D eigenvalue weighted by molar-refractivity contribution is 0.521. The van der Waals surface area contributed by atoms with Crippen molar-refractivity contribution < 1.29 is 4.39 Å². The van der Waals surface area contributed by atoms with Crippen LogP contribution in [0.3, 0.4) is 0 Å². The second-order valence-corrected chi connectivity index (χ2v) is 4.77. The van der Waals surface area contributed by atoms with Crippen LogP contribution in [0.2, 0.25) is 5.02 Å². The molecular weight excluding hydrogens is 265 g/mol. The summed E-state index contributed by atoms with van der Waals surface area (Å²) in [6.45, 7) is 0. The molecule has 0 aliphatic carbocycles. The number of pyridine rings is 1. The summed E-state index contributed by atoms with van der Waals surface area (Å²) in [6, 6.07) is 8.32. The van der Waals surface area contributed by atoms with Gasteiger partial charge in [-0.05, 0) is 48.2 Å². The standard InChI is InChI=1S/C14H15ClFN3/c15-14-9-12(16)2-1-11(14)8-13(19-17)7-10-3-5-18-6-4-10/h1-6,9,13,19H,7-8,17H2. The number of aromatic nitrogens is 1. The molecule has 2 rings (SSSR count). The Kier molecular flexibility index (Phi) is 4.85. The van der Waals surface area contributed by atoms with Gasteiger partial charge in [0.15, 0.2) is 0 Å². The minimum absolute atomic E-state index is 0.0327. The van der Waals surface area contributed by atoms with Crippen molar-refractivity contribution in [2.24, 2.45) is 5.84 Å². The summed E-state index contributed by atoms with van der Waals surface area (Å²) < 4.78 is 13.0. The van der Waals surface area contributed by atoms with Gasteiger partial charge in [0.05, 0.1) is 0 Å². The van der Waals surface area contributed by atoms with E-state index in [0.29, 0.717) is 11.4 Å². The van der Waals surface area contributed by atoms with E-state index in [1.54, 1.807) is 18.5 Å².